The molecule has 0 fully saturated rings. The number of benzene rings is 2. The molecule has 3 aromatic rings. The zero-order valence-electron chi connectivity index (χ0n) is 13.4. The van der Waals surface area contributed by atoms with E-state index in [1.165, 1.54) is 36.4 Å². The van der Waals surface area contributed by atoms with Crippen molar-refractivity contribution in [1.82, 2.24) is 9.71 Å². The van der Waals surface area contributed by atoms with E-state index in [-0.39, 0.29) is 21.5 Å². The van der Waals surface area contributed by atoms with Crippen molar-refractivity contribution in [2.45, 2.75) is 11.8 Å². The van der Waals surface area contributed by atoms with E-state index < -0.39 is 27.4 Å². The minimum atomic E-state index is -4.03. The Morgan fingerprint density at radius 2 is 1.81 bits per heavy atom. The number of nitrogens with one attached hydrogen (secondary N) is 3. The number of fused-ring (bicyclic) bond motifs is 1. The minimum absolute atomic E-state index is 0.0632. The van der Waals surface area contributed by atoms with Gasteiger partial charge in [0.2, 0.25) is 0 Å². The van der Waals surface area contributed by atoms with Crippen LogP contribution >= 0.6 is 0 Å². The number of hydrogen-bond donors (Lipinski definition) is 3. The van der Waals surface area contributed by atoms with Gasteiger partial charge in [0.1, 0.15) is 0 Å². The highest BCUT2D eigenvalue weighted by atomic mass is 32.2. The van der Waals surface area contributed by atoms with Crippen LogP contribution in [-0.4, -0.2) is 19.4 Å². The third kappa shape index (κ3) is 3.49. The van der Waals surface area contributed by atoms with Gasteiger partial charge in [-0.3, -0.25) is 4.98 Å². The molecule has 0 aliphatic rings. The smallest absolute Gasteiger partial charge is 0.372 e. The molecule has 0 aliphatic heterocycles. The van der Waals surface area contributed by atoms with E-state index in [4.69, 9.17) is 0 Å². The summed E-state index contributed by atoms with van der Waals surface area (Å²) in [5.41, 5.74) is -0.0119. The lowest BCUT2D eigenvalue weighted by Gasteiger charge is -2.10. The largest absolute Gasteiger partial charge is 0.419 e. The van der Waals surface area contributed by atoms with Crippen molar-refractivity contribution < 1.29 is 17.6 Å². The second kappa shape index (κ2) is 6.48. The van der Waals surface area contributed by atoms with E-state index in [0.29, 0.717) is 5.56 Å². The Morgan fingerprint density at radius 3 is 2.50 bits per heavy atom. The molecule has 2 amide bonds. The van der Waals surface area contributed by atoms with Crippen LogP contribution in [0.5, 0.6) is 0 Å². The number of carbonyl (C=O) groups is 1. The highest BCUT2D eigenvalue weighted by Crippen LogP contribution is 2.19. The van der Waals surface area contributed by atoms with Crippen LogP contribution in [0.2, 0.25) is 0 Å². The number of amides is 2. The summed E-state index contributed by atoms with van der Waals surface area (Å²) in [7, 11) is -4.03. The zero-order chi connectivity index (χ0) is 18.9. The summed E-state index contributed by atoms with van der Waals surface area (Å²) in [5, 5.41) is 2.52. The fourth-order valence-electron chi connectivity index (χ4n) is 2.44. The van der Waals surface area contributed by atoms with Gasteiger partial charge in [-0.2, -0.15) is 0 Å². The van der Waals surface area contributed by atoms with Crippen molar-refractivity contribution in [1.29, 1.82) is 0 Å². The standard InChI is InChI=1S/C16H13N3O6S/c1-9-7-10(8-12-13(9)14(20)25-16(22)18-12)17-15(21)19-26(23,24)11-5-3-2-4-6-11/h2-8H,1H3,(H,18,22)(H2,17,19,21). The second-order valence-corrected chi connectivity index (χ2v) is 7.07. The van der Waals surface area contributed by atoms with Gasteiger partial charge in [0, 0.05) is 5.69 Å². The molecular weight excluding hydrogens is 362 g/mol. The van der Waals surface area contributed by atoms with E-state index in [1.54, 1.807) is 13.0 Å². The van der Waals surface area contributed by atoms with Crippen LogP contribution < -0.4 is 21.4 Å². The van der Waals surface area contributed by atoms with E-state index in [1.807, 2.05) is 4.72 Å². The topological polar surface area (TPSA) is 138 Å². The van der Waals surface area contributed by atoms with Crippen LogP contribution in [0.4, 0.5) is 10.5 Å². The van der Waals surface area contributed by atoms with Crippen molar-refractivity contribution in [3.8, 4) is 0 Å². The van der Waals surface area contributed by atoms with Gasteiger partial charge >= 0.3 is 17.4 Å². The Hall–Kier alpha value is -3.40. The van der Waals surface area contributed by atoms with Crippen molar-refractivity contribution in [3.63, 3.8) is 0 Å². The Morgan fingerprint density at radius 1 is 1.12 bits per heavy atom. The average molecular weight is 375 g/mol. The number of aromatic amines is 1. The van der Waals surface area contributed by atoms with Gasteiger partial charge in [0.15, 0.2) is 0 Å². The number of anilines is 1. The molecule has 0 atom stereocenters. The van der Waals surface area contributed by atoms with Gasteiger partial charge in [-0.15, -0.1) is 0 Å². The Labute approximate surface area is 146 Å². The van der Waals surface area contributed by atoms with Gasteiger partial charge in [-0.05, 0) is 36.8 Å². The number of urea groups is 1. The molecule has 0 unspecified atom stereocenters. The first kappa shape index (κ1) is 17.4. The Kier molecular flexibility index (Phi) is 4.34. The third-order valence-electron chi connectivity index (χ3n) is 3.50. The van der Waals surface area contributed by atoms with Crippen LogP contribution in [0, 0.1) is 6.92 Å². The average Bonchev–Trinajstić information content (AvgIpc) is 2.53. The van der Waals surface area contributed by atoms with Gasteiger partial charge in [-0.1, -0.05) is 18.2 Å². The normalized spacial score (nSPS) is 11.3. The van der Waals surface area contributed by atoms with E-state index in [9.17, 15) is 22.8 Å². The molecule has 0 aliphatic carbocycles. The summed E-state index contributed by atoms with van der Waals surface area (Å²) in [6.45, 7) is 1.58. The molecule has 2 aromatic carbocycles. The lowest BCUT2D eigenvalue weighted by molar-refractivity contribution is 0.256. The van der Waals surface area contributed by atoms with Crippen molar-refractivity contribution in [2.24, 2.45) is 0 Å². The molecule has 1 aromatic heterocycles. The first-order chi connectivity index (χ1) is 12.3. The summed E-state index contributed by atoms with van der Waals surface area (Å²) in [5.74, 6) is -0.935. The predicted molar refractivity (Wildman–Crippen MR) is 93.6 cm³/mol. The molecule has 0 saturated heterocycles. The van der Waals surface area contributed by atoms with Crippen LogP contribution in [0.3, 0.4) is 0 Å². The van der Waals surface area contributed by atoms with Gasteiger partial charge in [-0.25, -0.2) is 27.5 Å². The SMILES string of the molecule is Cc1cc(NC(=O)NS(=O)(=O)c2ccccc2)cc2[nH]c(=O)oc(=O)c12. The number of carbonyl (C=O) groups excluding carboxylic acids is 1. The number of rotatable bonds is 3. The molecule has 1 heterocycles. The summed E-state index contributed by atoms with van der Waals surface area (Å²) in [6, 6.07) is 9.19. The predicted octanol–water partition coefficient (Wildman–Crippen LogP) is 1.30. The van der Waals surface area contributed by atoms with Gasteiger partial charge in [0.25, 0.3) is 10.0 Å². The zero-order valence-corrected chi connectivity index (χ0v) is 14.2. The van der Waals surface area contributed by atoms with Gasteiger partial charge < -0.3 is 9.73 Å². The summed E-state index contributed by atoms with van der Waals surface area (Å²) in [4.78, 5) is 37.3. The first-order valence-electron chi connectivity index (χ1n) is 7.33. The molecule has 3 N–H and O–H groups in total. The van der Waals surface area contributed by atoms with Crippen LogP contribution in [0.15, 0.2) is 61.4 Å². The number of sulfonamides is 1. The fraction of sp³-hybridized carbons (Fsp3) is 0.0625. The van der Waals surface area contributed by atoms with Crippen LogP contribution in [0.25, 0.3) is 10.9 Å². The second-order valence-electron chi connectivity index (χ2n) is 5.39. The molecule has 134 valence electrons. The summed E-state index contributed by atoms with van der Waals surface area (Å²) >= 11 is 0. The quantitative estimate of drug-likeness (QED) is 0.631. The summed E-state index contributed by atoms with van der Waals surface area (Å²) in [6.07, 6.45) is 0. The van der Waals surface area contributed by atoms with Crippen molar-refractivity contribution in [2.75, 3.05) is 5.32 Å². The maximum atomic E-state index is 12.1. The lowest BCUT2D eigenvalue weighted by atomic mass is 10.1. The molecule has 9 nitrogen and oxygen atoms in total. The third-order valence-corrected chi connectivity index (χ3v) is 4.85. The van der Waals surface area contributed by atoms with E-state index in [0.717, 1.165) is 0 Å². The Balaban J connectivity index is 1.88. The van der Waals surface area contributed by atoms with Crippen LogP contribution in [0.1, 0.15) is 5.56 Å². The number of hydrogen-bond acceptors (Lipinski definition) is 6. The van der Waals surface area contributed by atoms with E-state index in [2.05, 4.69) is 14.7 Å². The number of H-pyrrole nitrogens is 1. The first-order valence-corrected chi connectivity index (χ1v) is 8.81. The number of aryl methyl sites for hydroxylation is 1. The summed E-state index contributed by atoms with van der Waals surface area (Å²) < 4.78 is 30.6. The monoisotopic (exact) mass is 375 g/mol. The molecule has 3 rings (SSSR count). The van der Waals surface area contributed by atoms with Crippen molar-refractivity contribution in [3.05, 3.63) is 69.0 Å². The van der Waals surface area contributed by atoms with Gasteiger partial charge in [0.05, 0.1) is 15.8 Å². The van der Waals surface area contributed by atoms with Crippen LogP contribution in [-0.2, 0) is 10.0 Å². The van der Waals surface area contributed by atoms with E-state index >= 15 is 0 Å². The maximum absolute atomic E-state index is 12.1. The highest BCUT2D eigenvalue weighted by molar-refractivity contribution is 7.90. The molecule has 0 bridgehead atoms. The number of aromatic nitrogens is 1. The maximum Gasteiger partial charge on any atom is 0.419 e. The van der Waals surface area contributed by atoms with Crippen molar-refractivity contribution >= 4 is 32.6 Å². The Bertz CT molecular complexity index is 1210. The molecule has 10 heteroatoms. The highest BCUT2D eigenvalue weighted by Gasteiger charge is 2.17. The molecule has 26 heavy (non-hydrogen) atoms. The molecule has 0 spiro atoms. The minimum Gasteiger partial charge on any atom is -0.372 e. The molecule has 0 saturated carbocycles. The lowest BCUT2D eigenvalue weighted by Crippen LogP contribution is -2.34. The fourth-order valence-corrected chi connectivity index (χ4v) is 3.37. The molecular formula is C16H13N3O6S. The molecule has 0 radical (unpaired) electrons.